The highest BCUT2D eigenvalue weighted by Crippen LogP contribution is 2.23. The third kappa shape index (κ3) is 4.25. The number of anilines is 4. The van der Waals surface area contributed by atoms with Gasteiger partial charge in [-0.05, 0) is 60.9 Å². The number of benzene rings is 3. The van der Waals surface area contributed by atoms with Crippen molar-refractivity contribution < 1.29 is 4.79 Å². The lowest BCUT2D eigenvalue weighted by Gasteiger charge is -2.17. The highest BCUT2D eigenvalue weighted by Gasteiger charge is 2.16. The minimum atomic E-state index is -0.121. The minimum Gasteiger partial charge on any atom is -0.341 e. The van der Waals surface area contributed by atoms with Crippen LogP contribution >= 0.6 is 0 Å². The van der Waals surface area contributed by atoms with Gasteiger partial charge in [0.05, 0.1) is 0 Å². The topological polar surface area (TPSA) is 70.2 Å². The van der Waals surface area contributed by atoms with Crippen LogP contribution in [0.25, 0.3) is 10.8 Å². The molecule has 0 unspecified atom stereocenters. The van der Waals surface area contributed by atoms with Crippen LogP contribution in [0.5, 0.6) is 0 Å². The van der Waals surface area contributed by atoms with E-state index in [2.05, 4.69) is 25.5 Å². The molecule has 0 bridgehead atoms. The van der Waals surface area contributed by atoms with Crippen LogP contribution in [0.3, 0.4) is 0 Å². The van der Waals surface area contributed by atoms with Crippen molar-refractivity contribution in [1.82, 2.24) is 9.97 Å². The van der Waals surface area contributed by atoms with Crippen LogP contribution in [-0.4, -0.2) is 29.0 Å². The zero-order chi connectivity index (χ0) is 21.9. The molecule has 2 N–H and O–H groups in total. The average molecular weight is 424 g/mol. The maximum atomic E-state index is 12.9. The number of hydrogen-bond acceptors (Lipinski definition) is 5. The van der Waals surface area contributed by atoms with Gasteiger partial charge in [-0.1, -0.05) is 36.4 Å². The Morgan fingerprint density at radius 3 is 2.41 bits per heavy atom. The van der Waals surface area contributed by atoms with E-state index in [9.17, 15) is 4.79 Å². The third-order valence-electron chi connectivity index (χ3n) is 5.68. The number of aromatic nitrogens is 2. The Balaban J connectivity index is 1.30. The van der Waals surface area contributed by atoms with Gasteiger partial charge in [-0.2, -0.15) is 4.98 Å². The van der Waals surface area contributed by atoms with Crippen molar-refractivity contribution in [3.05, 3.63) is 84.1 Å². The lowest BCUT2D eigenvalue weighted by Crippen LogP contribution is -2.21. The summed E-state index contributed by atoms with van der Waals surface area (Å²) in [5.74, 6) is 1.43. The molecule has 6 nitrogen and oxygen atoms in total. The van der Waals surface area contributed by atoms with E-state index in [1.807, 2.05) is 79.7 Å². The number of amides is 1. The molecule has 0 saturated carbocycles. The molecule has 160 valence electrons. The quantitative estimate of drug-likeness (QED) is 0.441. The molecule has 0 aliphatic carbocycles. The molecular weight excluding hydrogens is 398 g/mol. The molecular formula is C26H25N5O. The molecule has 1 saturated heterocycles. The standard InChI is InChI=1S/C26H25N5O/c1-18-17-24(30-26(27-18)31-15-4-5-16-31)28-20-11-13-21(14-12-20)29-25(32)23-10-6-8-19-7-2-3-9-22(19)23/h2-3,6-14,17H,4-5,15-16H2,1H3,(H,29,32)(H,27,28,30). The molecule has 5 rings (SSSR count). The number of nitrogens with zero attached hydrogens (tertiary/aromatic N) is 3. The van der Waals surface area contributed by atoms with E-state index in [4.69, 9.17) is 0 Å². The SMILES string of the molecule is Cc1cc(Nc2ccc(NC(=O)c3cccc4ccccc34)cc2)nc(N2CCCC2)n1. The molecule has 1 aliphatic heterocycles. The van der Waals surface area contributed by atoms with Crippen molar-refractivity contribution in [2.45, 2.75) is 19.8 Å². The van der Waals surface area contributed by atoms with Crippen LogP contribution in [0.15, 0.2) is 72.8 Å². The van der Waals surface area contributed by atoms with E-state index in [-0.39, 0.29) is 5.91 Å². The van der Waals surface area contributed by atoms with Gasteiger partial charge in [-0.3, -0.25) is 4.79 Å². The van der Waals surface area contributed by atoms with Gasteiger partial charge in [0.2, 0.25) is 5.95 Å². The van der Waals surface area contributed by atoms with E-state index >= 15 is 0 Å². The van der Waals surface area contributed by atoms with Crippen LogP contribution in [0.1, 0.15) is 28.9 Å². The number of rotatable bonds is 5. The van der Waals surface area contributed by atoms with Gasteiger partial charge in [-0.15, -0.1) is 0 Å². The fraction of sp³-hybridized carbons (Fsp3) is 0.192. The van der Waals surface area contributed by atoms with Crippen molar-refractivity contribution in [3.8, 4) is 0 Å². The van der Waals surface area contributed by atoms with Gasteiger partial charge >= 0.3 is 0 Å². The first kappa shape index (κ1) is 20.0. The van der Waals surface area contributed by atoms with E-state index in [0.717, 1.165) is 52.7 Å². The van der Waals surface area contributed by atoms with Crippen molar-refractivity contribution in [2.24, 2.45) is 0 Å². The molecule has 0 spiro atoms. The number of aryl methyl sites for hydroxylation is 1. The molecule has 1 amide bonds. The summed E-state index contributed by atoms with van der Waals surface area (Å²) in [4.78, 5) is 24.3. The Labute approximate surface area is 187 Å². The Bertz CT molecular complexity index is 1260. The molecule has 1 aliphatic rings. The van der Waals surface area contributed by atoms with Gasteiger partial charge in [0.25, 0.3) is 5.91 Å². The Hall–Kier alpha value is -3.93. The summed E-state index contributed by atoms with van der Waals surface area (Å²) in [5.41, 5.74) is 3.24. The predicted molar refractivity (Wildman–Crippen MR) is 130 cm³/mol. The summed E-state index contributed by atoms with van der Waals surface area (Å²) < 4.78 is 0. The number of hydrogen-bond donors (Lipinski definition) is 2. The van der Waals surface area contributed by atoms with Crippen molar-refractivity contribution in [2.75, 3.05) is 28.6 Å². The normalized spacial score (nSPS) is 13.3. The van der Waals surface area contributed by atoms with E-state index in [1.165, 1.54) is 12.8 Å². The monoisotopic (exact) mass is 423 g/mol. The van der Waals surface area contributed by atoms with Crippen molar-refractivity contribution in [3.63, 3.8) is 0 Å². The van der Waals surface area contributed by atoms with Crippen molar-refractivity contribution in [1.29, 1.82) is 0 Å². The highest BCUT2D eigenvalue weighted by atomic mass is 16.1. The number of fused-ring (bicyclic) bond motifs is 1. The first-order chi connectivity index (χ1) is 15.7. The second-order valence-electron chi connectivity index (χ2n) is 8.07. The van der Waals surface area contributed by atoms with Crippen LogP contribution in [0.4, 0.5) is 23.1 Å². The van der Waals surface area contributed by atoms with Crippen LogP contribution < -0.4 is 15.5 Å². The second-order valence-corrected chi connectivity index (χ2v) is 8.07. The van der Waals surface area contributed by atoms with E-state index in [1.54, 1.807) is 0 Å². The second kappa shape index (κ2) is 8.67. The van der Waals surface area contributed by atoms with E-state index < -0.39 is 0 Å². The van der Waals surface area contributed by atoms with E-state index in [0.29, 0.717) is 5.56 Å². The summed E-state index contributed by atoms with van der Waals surface area (Å²) in [7, 11) is 0. The molecule has 0 radical (unpaired) electrons. The lowest BCUT2D eigenvalue weighted by atomic mass is 10.0. The molecule has 0 atom stereocenters. The fourth-order valence-electron chi connectivity index (χ4n) is 4.08. The van der Waals surface area contributed by atoms with Gasteiger partial charge < -0.3 is 15.5 Å². The average Bonchev–Trinajstić information content (AvgIpc) is 3.35. The lowest BCUT2D eigenvalue weighted by molar-refractivity contribution is 0.102. The molecule has 2 heterocycles. The molecule has 1 fully saturated rings. The summed E-state index contributed by atoms with van der Waals surface area (Å²) in [5, 5.41) is 8.34. The van der Waals surface area contributed by atoms with Crippen molar-refractivity contribution >= 4 is 39.8 Å². The maximum absolute atomic E-state index is 12.9. The minimum absolute atomic E-state index is 0.121. The molecule has 1 aromatic heterocycles. The third-order valence-corrected chi connectivity index (χ3v) is 5.68. The largest absolute Gasteiger partial charge is 0.341 e. The number of nitrogens with one attached hydrogen (secondary N) is 2. The van der Waals surface area contributed by atoms with Gasteiger partial charge in [0, 0.05) is 41.8 Å². The van der Waals surface area contributed by atoms with Gasteiger partial charge in [-0.25, -0.2) is 4.98 Å². The smallest absolute Gasteiger partial charge is 0.256 e. The predicted octanol–water partition coefficient (Wildman–Crippen LogP) is 5.53. The first-order valence-corrected chi connectivity index (χ1v) is 10.9. The van der Waals surface area contributed by atoms with Crippen LogP contribution in [-0.2, 0) is 0 Å². The molecule has 32 heavy (non-hydrogen) atoms. The summed E-state index contributed by atoms with van der Waals surface area (Å²) in [6.07, 6.45) is 2.37. The zero-order valence-electron chi connectivity index (χ0n) is 18.0. The Morgan fingerprint density at radius 2 is 1.59 bits per heavy atom. The summed E-state index contributed by atoms with van der Waals surface area (Å²) >= 11 is 0. The maximum Gasteiger partial charge on any atom is 0.256 e. The summed E-state index contributed by atoms with van der Waals surface area (Å²) in [6.45, 7) is 4.00. The van der Waals surface area contributed by atoms with Crippen LogP contribution in [0.2, 0.25) is 0 Å². The zero-order valence-corrected chi connectivity index (χ0v) is 18.0. The van der Waals surface area contributed by atoms with Gasteiger partial charge in [0.1, 0.15) is 5.82 Å². The highest BCUT2D eigenvalue weighted by molar-refractivity contribution is 6.12. The fourth-order valence-corrected chi connectivity index (χ4v) is 4.08. The molecule has 4 aromatic rings. The Kier molecular flexibility index (Phi) is 5.42. The van der Waals surface area contributed by atoms with Crippen LogP contribution in [0, 0.1) is 6.92 Å². The number of carbonyl (C=O) groups is 1. The molecule has 3 aromatic carbocycles. The first-order valence-electron chi connectivity index (χ1n) is 10.9. The van der Waals surface area contributed by atoms with Gasteiger partial charge in [0.15, 0.2) is 0 Å². The summed E-state index contributed by atoms with van der Waals surface area (Å²) in [6, 6.07) is 23.3. The number of carbonyl (C=O) groups excluding carboxylic acids is 1. The molecule has 6 heteroatoms. The Morgan fingerprint density at radius 1 is 0.875 bits per heavy atom.